The molecule has 110 valence electrons. The molecule has 3 N–H and O–H groups in total. The van der Waals surface area contributed by atoms with Gasteiger partial charge in [0.25, 0.3) is 5.91 Å². The second kappa shape index (κ2) is 8.60. The van der Waals surface area contributed by atoms with Crippen LogP contribution in [-0.4, -0.2) is 33.2 Å². The molecule has 0 saturated carbocycles. The molecule has 0 radical (unpaired) electrons. The summed E-state index contributed by atoms with van der Waals surface area (Å²) in [5.41, 5.74) is 0.517. The maximum absolute atomic E-state index is 12.0. The Bertz CT molecular complexity index is 438. The number of amides is 1. The third-order valence-electron chi connectivity index (χ3n) is 2.63. The number of carbonyl (C=O) groups is 2. The first-order chi connectivity index (χ1) is 9.54. The van der Waals surface area contributed by atoms with Crippen molar-refractivity contribution in [2.24, 2.45) is 0 Å². The van der Waals surface area contributed by atoms with Crippen LogP contribution < -0.4 is 5.32 Å². The molecule has 1 aromatic carbocycles. The zero-order valence-corrected chi connectivity index (χ0v) is 12.1. The van der Waals surface area contributed by atoms with Gasteiger partial charge in [-0.15, -0.1) is 11.8 Å². The van der Waals surface area contributed by atoms with E-state index in [2.05, 4.69) is 5.32 Å². The Morgan fingerprint density at radius 1 is 1.30 bits per heavy atom. The highest BCUT2D eigenvalue weighted by atomic mass is 32.2. The molecule has 1 amide bonds. The minimum Gasteiger partial charge on any atom is -0.481 e. The number of aliphatic hydroxyl groups is 1. The topological polar surface area (TPSA) is 86.6 Å². The van der Waals surface area contributed by atoms with Crippen LogP contribution in [0.5, 0.6) is 0 Å². The fraction of sp³-hybridized carbons (Fsp3) is 0.429. The Hall–Kier alpha value is -1.53. The molecule has 0 saturated heterocycles. The standard InChI is InChI=1S/C14H19NO4S/c1-2-6-11(20-9-12(16)17)15-14(19)13(18)10-7-4-3-5-8-10/h3-5,7-8,11,13,18H,2,6,9H2,1H3,(H,15,19)(H,16,17). The number of benzene rings is 1. The Morgan fingerprint density at radius 2 is 1.95 bits per heavy atom. The summed E-state index contributed by atoms with van der Waals surface area (Å²) in [4.78, 5) is 22.5. The number of thioether (sulfide) groups is 1. The largest absolute Gasteiger partial charge is 0.481 e. The lowest BCUT2D eigenvalue weighted by molar-refractivity contribution is -0.134. The SMILES string of the molecule is CCCC(NC(=O)C(O)c1ccccc1)SCC(=O)O. The molecule has 0 aliphatic heterocycles. The van der Waals surface area contributed by atoms with Gasteiger partial charge in [0.05, 0.1) is 11.1 Å². The van der Waals surface area contributed by atoms with Crippen molar-refractivity contribution in [2.75, 3.05) is 5.75 Å². The summed E-state index contributed by atoms with van der Waals surface area (Å²) in [5, 5.41) is 21.0. The van der Waals surface area contributed by atoms with Crippen LogP contribution in [0.4, 0.5) is 0 Å². The molecule has 0 aliphatic rings. The van der Waals surface area contributed by atoms with Crippen molar-refractivity contribution < 1.29 is 19.8 Å². The van der Waals surface area contributed by atoms with Crippen LogP contribution in [0.3, 0.4) is 0 Å². The zero-order valence-electron chi connectivity index (χ0n) is 11.3. The van der Waals surface area contributed by atoms with Gasteiger partial charge in [-0.2, -0.15) is 0 Å². The first-order valence-corrected chi connectivity index (χ1v) is 7.46. The average molecular weight is 297 g/mol. The molecular formula is C14H19NO4S. The lowest BCUT2D eigenvalue weighted by atomic mass is 10.1. The molecule has 1 rings (SSSR count). The summed E-state index contributed by atoms with van der Waals surface area (Å²) in [6.07, 6.45) is 0.241. The zero-order chi connectivity index (χ0) is 15.0. The van der Waals surface area contributed by atoms with Gasteiger partial charge in [-0.05, 0) is 12.0 Å². The van der Waals surface area contributed by atoms with E-state index in [0.29, 0.717) is 12.0 Å². The van der Waals surface area contributed by atoms with E-state index in [-0.39, 0.29) is 11.1 Å². The highest BCUT2D eigenvalue weighted by Gasteiger charge is 2.21. The fourth-order valence-electron chi connectivity index (χ4n) is 1.66. The fourth-order valence-corrected chi connectivity index (χ4v) is 2.60. The number of carboxylic acid groups (broad SMARTS) is 1. The first-order valence-electron chi connectivity index (χ1n) is 6.41. The van der Waals surface area contributed by atoms with Crippen LogP contribution >= 0.6 is 11.8 Å². The van der Waals surface area contributed by atoms with Gasteiger partial charge < -0.3 is 15.5 Å². The van der Waals surface area contributed by atoms with Crippen molar-refractivity contribution in [1.82, 2.24) is 5.32 Å². The molecule has 0 aliphatic carbocycles. The summed E-state index contributed by atoms with van der Waals surface area (Å²) in [5.74, 6) is -1.51. The van der Waals surface area contributed by atoms with Crippen LogP contribution in [0.2, 0.25) is 0 Å². The molecule has 0 heterocycles. The predicted molar refractivity (Wildman–Crippen MR) is 78.3 cm³/mol. The lowest BCUT2D eigenvalue weighted by Gasteiger charge is -2.19. The summed E-state index contributed by atoms with van der Waals surface area (Å²) < 4.78 is 0. The van der Waals surface area contributed by atoms with E-state index in [1.165, 1.54) is 0 Å². The molecule has 2 unspecified atom stereocenters. The second-order valence-corrected chi connectivity index (χ2v) is 5.49. The van der Waals surface area contributed by atoms with E-state index in [0.717, 1.165) is 18.2 Å². The number of carboxylic acids is 1. The number of rotatable bonds is 8. The van der Waals surface area contributed by atoms with Crippen molar-refractivity contribution in [1.29, 1.82) is 0 Å². The van der Waals surface area contributed by atoms with Gasteiger partial charge in [0.2, 0.25) is 0 Å². The van der Waals surface area contributed by atoms with Crippen LogP contribution in [0.1, 0.15) is 31.4 Å². The van der Waals surface area contributed by atoms with E-state index in [1.54, 1.807) is 30.3 Å². The molecular weight excluding hydrogens is 278 g/mol. The Morgan fingerprint density at radius 3 is 2.50 bits per heavy atom. The highest BCUT2D eigenvalue weighted by Crippen LogP contribution is 2.17. The molecule has 0 spiro atoms. The average Bonchev–Trinajstić information content (AvgIpc) is 2.45. The number of carbonyl (C=O) groups excluding carboxylic acids is 1. The summed E-state index contributed by atoms with van der Waals surface area (Å²) >= 11 is 1.15. The maximum Gasteiger partial charge on any atom is 0.313 e. The minimum atomic E-state index is -1.24. The molecule has 1 aromatic rings. The van der Waals surface area contributed by atoms with Crippen LogP contribution in [-0.2, 0) is 9.59 Å². The molecule has 0 fully saturated rings. The van der Waals surface area contributed by atoms with Crippen molar-refractivity contribution in [3.05, 3.63) is 35.9 Å². The van der Waals surface area contributed by atoms with Gasteiger partial charge in [0.1, 0.15) is 0 Å². The Kier molecular flexibility index (Phi) is 7.11. The number of aliphatic carboxylic acids is 1. The third-order valence-corrected chi connectivity index (χ3v) is 3.80. The second-order valence-electron chi connectivity index (χ2n) is 4.30. The van der Waals surface area contributed by atoms with Crippen molar-refractivity contribution >= 4 is 23.6 Å². The molecule has 20 heavy (non-hydrogen) atoms. The van der Waals surface area contributed by atoms with Gasteiger partial charge >= 0.3 is 5.97 Å². The molecule has 6 heteroatoms. The van der Waals surface area contributed by atoms with Crippen LogP contribution in [0, 0.1) is 0 Å². The molecule has 0 bridgehead atoms. The normalized spacial score (nSPS) is 13.5. The van der Waals surface area contributed by atoms with Gasteiger partial charge in [-0.1, -0.05) is 43.7 Å². The quantitative estimate of drug-likeness (QED) is 0.637. The Labute approximate surface area is 122 Å². The molecule has 2 atom stereocenters. The maximum atomic E-state index is 12.0. The Balaban J connectivity index is 2.58. The van der Waals surface area contributed by atoms with E-state index in [9.17, 15) is 14.7 Å². The van der Waals surface area contributed by atoms with Crippen LogP contribution in [0.25, 0.3) is 0 Å². The van der Waals surface area contributed by atoms with Crippen molar-refractivity contribution in [3.63, 3.8) is 0 Å². The van der Waals surface area contributed by atoms with Gasteiger partial charge in [-0.25, -0.2) is 0 Å². The van der Waals surface area contributed by atoms with Gasteiger partial charge in [0.15, 0.2) is 6.10 Å². The van der Waals surface area contributed by atoms with Crippen molar-refractivity contribution in [2.45, 2.75) is 31.2 Å². The lowest BCUT2D eigenvalue weighted by Crippen LogP contribution is -2.36. The highest BCUT2D eigenvalue weighted by molar-refractivity contribution is 8.00. The molecule has 0 aromatic heterocycles. The summed E-state index contributed by atoms with van der Waals surface area (Å²) in [6.45, 7) is 1.95. The van der Waals surface area contributed by atoms with Crippen molar-refractivity contribution in [3.8, 4) is 0 Å². The minimum absolute atomic E-state index is 0.0770. The monoisotopic (exact) mass is 297 g/mol. The summed E-state index contributed by atoms with van der Waals surface area (Å²) in [7, 11) is 0. The predicted octanol–water partition coefficient (Wildman–Crippen LogP) is 1.78. The van der Waals surface area contributed by atoms with Crippen LogP contribution in [0.15, 0.2) is 30.3 Å². The third kappa shape index (κ3) is 5.63. The van der Waals surface area contributed by atoms with E-state index < -0.39 is 18.0 Å². The number of aliphatic hydroxyl groups excluding tert-OH is 1. The number of hydrogen-bond acceptors (Lipinski definition) is 4. The van der Waals surface area contributed by atoms with E-state index >= 15 is 0 Å². The van der Waals surface area contributed by atoms with E-state index in [4.69, 9.17) is 5.11 Å². The summed E-state index contributed by atoms with van der Waals surface area (Å²) in [6, 6.07) is 8.63. The van der Waals surface area contributed by atoms with Gasteiger partial charge in [0, 0.05) is 0 Å². The number of nitrogens with one attached hydrogen (secondary N) is 1. The number of hydrogen-bond donors (Lipinski definition) is 3. The van der Waals surface area contributed by atoms with Gasteiger partial charge in [-0.3, -0.25) is 9.59 Å². The molecule has 5 nitrogen and oxygen atoms in total. The van der Waals surface area contributed by atoms with E-state index in [1.807, 2.05) is 6.92 Å². The first kappa shape index (κ1) is 16.5. The smallest absolute Gasteiger partial charge is 0.313 e.